The average Bonchev–Trinajstić information content (AvgIpc) is 3.04. The molecule has 6 heteroatoms. The van der Waals surface area contributed by atoms with Crippen molar-refractivity contribution in [2.45, 2.75) is 31.3 Å². The Morgan fingerprint density at radius 2 is 2.14 bits per heavy atom. The Kier molecular flexibility index (Phi) is 3.79. The van der Waals surface area contributed by atoms with E-state index < -0.39 is 12.0 Å². The third-order valence-corrected chi connectivity index (χ3v) is 4.77. The molecule has 3 rings (SSSR count). The molecule has 21 heavy (non-hydrogen) atoms. The molecule has 2 N–H and O–H groups in total. The molecule has 0 aromatic carbocycles. The Hall–Kier alpha value is -2.08. The van der Waals surface area contributed by atoms with E-state index in [-0.39, 0.29) is 5.91 Å². The lowest BCUT2D eigenvalue weighted by Gasteiger charge is -2.29. The van der Waals surface area contributed by atoms with Crippen LogP contribution in [0.5, 0.6) is 0 Å². The number of aromatic nitrogens is 1. The summed E-state index contributed by atoms with van der Waals surface area (Å²) in [6.45, 7) is 0. The van der Waals surface area contributed by atoms with Gasteiger partial charge in [0, 0.05) is 17.1 Å². The first-order valence-electron chi connectivity index (χ1n) is 6.90. The standard InChI is InChI=1S/C15H16N2O3S/c18-14(11-6-2-8-17(11)10-4-1-5-10)16-13(15(19)20)12-7-3-9-21-12/h2-3,6-10,13H,1,4-5H2,(H,16,18)(H,19,20). The number of carbonyl (C=O) groups is 2. The van der Waals surface area contributed by atoms with Crippen LogP contribution < -0.4 is 5.32 Å². The Labute approximate surface area is 126 Å². The number of rotatable bonds is 5. The summed E-state index contributed by atoms with van der Waals surface area (Å²) in [5.41, 5.74) is 0.530. The zero-order valence-electron chi connectivity index (χ0n) is 11.4. The van der Waals surface area contributed by atoms with Gasteiger partial charge >= 0.3 is 5.97 Å². The Morgan fingerprint density at radius 3 is 2.71 bits per heavy atom. The van der Waals surface area contributed by atoms with Gasteiger partial charge in [0.15, 0.2) is 6.04 Å². The maximum atomic E-state index is 12.4. The van der Waals surface area contributed by atoms with Crippen molar-refractivity contribution in [2.24, 2.45) is 0 Å². The third kappa shape index (κ3) is 2.71. The molecule has 1 unspecified atom stereocenters. The van der Waals surface area contributed by atoms with Gasteiger partial charge in [-0.25, -0.2) is 4.79 Å². The van der Waals surface area contributed by atoms with Crippen molar-refractivity contribution < 1.29 is 14.7 Å². The summed E-state index contributed by atoms with van der Waals surface area (Å²) in [5.74, 6) is -1.39. The fourth-order valence-corrected chi connectivity index (χ4v) is 3.25. The van der Waals surface area contributed by atoms with E-state index in [0.717, 1.165) is 12.8 Å². The summed E-state index contributed by atoms with van der Waals surface area (Å²) in [7, 11) is 0. The highest BCUT2D eigenvalue weighted by Gasteiger charge is 2.27. The summed E-state index contributed by atoms with van der Waals surface area (Å²) in [6, 6.07) is 6.43. The molecule has 1 fully saturated rings. The number of thiophene rings is 1. The number of carboxylic acid groups (broad SMARTS) is 1. The van der Waals surface area contributed by atoms with Gasteiger partial charge in [0.1, 0.15) is 5.69 Å². The van der Waals surface area contributed by atoms with Crippen LogP contribution in [0.15, 0.2) is 35.8 Å². The summed E-state index contributed by atoms with van der Waals surface area (Å²) in [4.78, 5) is 24.4. The van der Waals surface area contributed by atoms with Crippen LogP contribution in [0.1, 0.15) is 46.7 Å². The number of carboxylic acids is 1. The van der Waals surface area contributed by atoms with E-state index >= 15 is 0 Å². The molecule has 2 aromatic rings. The van der Waals surface area contributed by atoms with E-state index in [4.69, 9.17) is 0 Å². The molecule has 1 aliphatic rings. The third-order valence-electron chi connectivity index (χ3n) is 3.83. The lowest BCUT2D eigenvalue weighted by atomic mass is 9.93. The molecule has 1 saturated carbocycles. The first-order valence-corrected chi connectivity index (χ1v) is 7.78. The molecule has 0 radical (unpaired) electrons. The van der Waals surface area contributed by atoms with Gasteiger partial charge in [-0.15, -0.1) is 11.3 Å². The maximum Gasteiger partial charge on any atom is 0.331 e. The lowest BCUT2D eigenvalue weighted by Crippen LogP contribution is -2.35. The van der Waals surface area contributed by atoms with Crippen LogP contribution in [0.3, 0.4) is 0 Å². The molecule has 0 bridgehead atoms. The van der Waals surface area contributed by atoms with Crippen molar-refractivity contribution >= 4 is 23.2 Å². The van der Waals surface area contributed by atoms with Crippen LogP contribution in [0.4, 0.5) is 0 Å². The molecule has 2 aromatic heterocycles. The highest BCUT2D eigenvalue weighted by Crippen LogP contribution is 2.32. The van der Waals surface area contributed by atoms with Crippen LogP contribution in [0, 0.1) is 0 Å². The maximum absolute atomic E-state index is 12.4. The fraction of sp³-hybridized carbons (Fsp3) is 0.333. The number of carbonyl (C=O) groups excluding carboxylic acids is 1. The van der Waals surface area contributed by atoms with Crippen molar-refractivity contribution in [2.75, 3.05) is 0 Å². The Balaban J connectivity index is 1.79. The van der Waals surface area contributed by atoms with Gasteiger partial charge in [-0.2, -0.15) is 0 Å². The molecular weight excluding hydrogens is 288 g/mol. The summed E-state index contributed by atoms with van der Waals surface area (Å²) in [6.07, 6.45) is 5.21. The highest BCUT2D eigenvalue weighted by molar-refractivity contribution is 7.10. The first-order chi connectivity index (χ1) is 10.2. The second-order valence-corrected chi connectivity index (χ2v) is 6.12. The van der Waals surface area contributed by atoms with Crippen LogP contribution in [-0.4, -0.2) is 21.6 Å². The van der Waals surface area contributed by atoms with Crippen LogP contribution in [-0.2, 0) is 4.79 Å². The zero-order chi connectivity index (χ0) is 14.8. The predicted molar refractivity (Wildman–Crippen MR) is 79.5 cm³/mol. The smallest absolute Gasteiger partial charge is 0.331 e. The van der Waals surface area contributed by atoms with Gasteiger partial charge < -0.3 is 15.0 Å². The highest BCUT2D eigenvalue weighted by atomic mass is 32.1. The van der Waals surface area contributed by atoms with Gasteiger partial charge in [0.25, 0.3) is 5.91 Å². The number of aliphatic carboxylic acids is 1. The molecule has 2 heterocycles. The van der Waals surface area contributed by atoms with E-state index in [1.54, 1.807) is 23.6 Å². The van der Waals surface area contributed by atoms with E-state index in [1.165, 1.54) is 17.8 Å². The molecule has 0 spiro atoms. The monoisotopic (exact) mass is 304 g/mol. The number of nitrogens with zero attached hydrogens (tertiary/aromatic N) is 1. The average molecular weight is 304 g/mol. The molecule has 1 aliphatic carbocycles. The van der Waals surface area contributed by atoms with Gasteiger partial charge in [0.05, 0.1) is 0 Å². The molecule has 5 nitrogen and oxygen atoms in total. The van der Waals surface area contributed by atoms with Crippen molar-refractivity contribution in [3.05, 3.63) is 46.4 Å². The SMILES string of the molecule is O=C(NC(C(=O)O)c1cccs1)c1cccn1C1CCC1. The van der Waals surface area contributed by atoms with Crippen LogP contribution >= 0.6 is 11.3 Å². The Bertz CT molecular complexity index is 644. The molecule has 110 valence electrons. The minimum absolute atomic E-state index is 0.340. The van der Waals surface area contributed by atoms with E-state index in [2.05, 4.69) is 5.32 Å². The van der Waals surface area contributed by atoms with Gasteiger partial charge in [-0.05, 0) is 42.8 Å². The van der Waals surface area contributed by atoms with Gasteiger partial charge in [0.2, 0.25) is 0 Å². The summed E-state index contributed by atoms with van der Waals surface area (Å²) < 4.78 is 1.95. The van der Waals surface area contributed by atoms with E-state index in [0.29, 0.717) is 16.6 Å². The van der Waals surface area contributed by atoms with Crippen molar-refractivity contribution in [1.29, 1.82) is 0 Å². The minimum Gasteiger partial charge on any atom is -0.479 e. The normalized spacial score (nSPS) is 16.2. The number of hydrogen-bond donors (Lipinski definition) is 2. The van der Waals surface area contributed by atoms with Crippen LogP contribution in [0.2, 0.25) is 0 Å². The summed E-state index contributed by atoms with van der Waals surface area (Å²) >= 11 is 1.32. The molecule has 0 saturated heterocycles. The second-order valence-electron chi connectivity index (χ2n) is 5.15. The lowest BCUT2D eigenvalue weighted by molar-refractivity contribution is -0.139. The molecule has 0 aliphatic heterocycles. The zero-order valence-corrected chi connectivity index (χ0v) is 12.2. The van der Waals surface area contributed by atoms with Crippen molar-refractivity contribution in [3.63, 3.8) is 0 Å². The van der Waals surface area contributed by atoms with Crippen molar-refractivity contribution in [3.8, 4) is 0 Å². The number of amides is 1. The second kappa shape index (κ2) is 5.73. The first kappa shape index (κ1) is 13.9. The fourth-order valence-electron chi connectivity index (χ4n) is 2.48. The van der Waals surface area contributed by atoms with Gasteiger partial charge in [-0.3, -0.25) is 4.79 Å². The number of nitrogens with one attached hydrogen (secondary N) is 1. The largest absolute Gasteiger partial charge is 0.479 e. The Morgan fingerprint density at radius 1 is 1.33 bits per heavy atom. The minimum atomic E-state index is -1.05. The van der Waals surface area contributed by atoms with Crippen molar-refractivity contribution in [1.82, 2.24) is 9.88 Å². The number of hydrogen-bond acceptors (Lipinski definition) is 3. The van der Waals surface area contributed by atoms with E-state index in [9.17, 15) is 14.7 Å². The topological polar surface area (TPSA) is 71.3 Å². The molecule has 1 amide bonds. The van der Waals surface area contributed by atoms with E-state index in [1.807, 2.05) is 16.8 Å². The van der Waals surface area contributed by atoms with Crippen LogP contribution in [0.25, 0.3) is 0 Å². The quantitative estimate of drug-likeness (QED) is 0.892. The van der Waals surface area contributed by atoms with Gasteiger partial charge in [-0.1, -0.05) is 6.07 Å². The molecular formula is C15H16N2O3S. The predicted octanol–water partition coefficient (Wildman–Crippen LogP) is 2.83. The summed E-state index contributed by atoms with van der Waals surface area (Å²) in [5, 5.41) is 13.7. The molecule has 1 atom stereocenters.